The summed E-state index contributed by atoms with van der Waals surface area (Å²) in [5, 5.41) is 0. The minimum atomic E-state index is 0.172. The lowest BCUT2D eigenvalue weighted by Gasteiger charge is -2.43. The van der Waals surface area contributed by atoms with Crippen LogP contribution in [-0.4, -0.2) is 30.9 Å². The van der Waals surface area contributed by atoms with Gasteiger partial charge >= 0.3 is 0 Å². The molecule has 0 atom stereocenters. The predicted octanol–water partition coefficient (Wildman–Crippen LogP) is 2.89. The van der Waals surface area contributed by atoms with Crippen LogP contribution in [0.2, 0.25) is 0 Å². The van der Waals surface area contributed by atoms with E-state index in [9.17, 15) is 4.79 Å². The lowest BCUT2D eigenvalue weighted by Crippen LogP contribution is -2.47. The smallest absolute Gasteiger partial charge is 0.226 e. The normalized spacial score (nSPS) is 16.6. The van der Waals surface area contributed by atoms with E-state index < -0.39 is 0 Å². The van der Waals surface area contributed by atoms with E-state index >= 15 is 0 Å². The minimum Gasteiger partial charge on any atom is -0.345 e. The maximum atomic E-state index is 12.4. The van der Waals surface area contributed by atoms with E-state index in [-0.39, 0.29) is 11.3 Å². The molecule has 1 amide bonds. The molecule has 1 aliphatic carbocycles. The molecule has 0 saturated heterocycles. The summed E-state index contributed by atoms with van der Waals surface area (Å²) in [5.74, 6) is 0.172. The average molecular weight is 339 g/mol. The molecule has 0 radical (unpaired) electrons. The monoisotopic (exact) mass is 338 g/mol. The molecule has 2 N–H and O–H groups in total. The lowest BCUT2D eigenvalue weighted by molar-refractivity contribution is -0.131. The molecular formula is C16H23BrN2O. The Morgan fingerprint density at radius 3 is 2.70 bits per heavy atom. The maximum absolute atomic E-state index is 12.4. The highest BCUT2D eigenvalue weighted by atomic mass is 79.9. The van der Waals surface area contributed by atoms with Gasteiger partial charge in [0.15, 0.2) is 0 Å². The molecule has 0 heterocycles. The Hall–Kier alpha value is -0.870. The van der Waals surface area contributed by atoms with Gasteiger partial charge in [0, 0.05) is 23.5 Å². The molecule has 4 heteroatoms. The second kappa shape index (κ2) is 6.27. The Morgan fingerprint density at radius 1 is 1.45 bits per heavy atom. The third-order valence-corrected chi connectivity index (χ3v) is 4.99. The van der Waals surface area contributed by atoms with Gasteiger partial charge in [-0.15, -0.1) is 0 Å². The van der Waals surface area contributed by atoms with Gasteiger partial charge in [0.05, 0.1) is 6.42 Å². The Morgan fingerprint density at radius 2 is 2.15 bits per heavy atom. The van der Waals surface area contributed by atoms with Crippen LogP contribution in [-0.2, 0) is 11.2 Å². The summed E-state index contributed by atoms with van der Waals surface area (Å²) < 4.78 is 1.02. The highest BCUT2D eigenvalue weighted by Gasteiger charge is 2.37. The number of nitrogens with zero attached hydrogens (tertiary/aromatic N) is 1. The van der Waals surface area contributed by atoms with E-state index in [1.54, 1.807) is 0 Å². The standard InChI is InChI=1S/C16H23BrN2O/c1-12-4-5-14(17)8-13(12)9-15(20)19(2)11-16(10-18)6-3-7-16/h4-5,8H,3,6-7,9-11,18H2,1-2H3. The second-order valence-corrected chi connectivity index (χ2v) is 6.97. The van der Waals surface area contributed by atoms with Crippen LogP contribution in [0.1, 0.15) is 30.4 Å². The van der Waals surface area contributed by atoms with Crippen LogP contribution in [0.3, 0.4) is 0 Å². The van der Waals surface area contributed by atoms with Crippen molar-refractivity contribution in [3.8, 4) is 0 Å². The van der Waals surface area contributed by atoms with Crippen LogP contribution < -0.4 is 5.73 Å². The van der Waals surface area contributed by atoms with Crippen molar-refractivity contribution < 1.29 is 4.79 Å². The number of carbonyl (C=O) groups excluding carboxylic acids is 1. The Balaban J connectivity index is 1.99. The Kier molecular flexibility index (Phi) is 4.86. The van der Waals surface area contributed by atoms with Gasteiger partial charge in [-0.2, -0.15) is 0 Å². The van der Waals surface area contributed by atoms with Gasteiger partial charge in [-0.1, -0.05) is 28.4 Å². The zero-order valence-electron chi connectivity index (χ0n) is 12.3. The summed E-state index contributed by atoms with van der Waals surface area (Å²) in [4.78, 5) is 14.2. The zero-order valence-corrected chi connectivity index (χ0v) is 13.9. The number of aryl methyl sites for hydroxylation is 1. The molecule has 1 aliphatic rings. The second-order valence-electron chi connectivity index (χ2n) is 6.06. The van der Waals surface area contributed by atoms with Crippen LogP contribution in [0.5, 0.6) is 0 Å². The SMILES string of the molecule is Cc1ccc(Br)cc1CC(=O)N(C)CC1(CN)CCC1. The van der Waals surface area contributed by atoms with E-state index in [2.05, 4.69) is 15.9 Å². The lowest BCUT2D eigenvalue weighted by atomic mass is 9.68. The Bertz CT molecular complexity index is 492. The van der Waals surface area contributed by atoms with Crippen LogP contribution in [0.4, 0.5) is 0 Å². The first-order valence-electron chi connectivity index (χ1n) is 7.15. The highest BCUT2D eigenvalue weighted by Crippen LogP contribution is 2.40. The van der Waals surface area contributed by atoms with Gasteiger partial charge in [0.2, 0.25) is 5.91 Å². The number of halogens is 1. The summed E-state index contributed by atoms with van der Waals surface area (Å²) in [6, 6.07) is 6.08. The van der Waals surface area contributed by atoms with Crippen molar-refractivity contribution in [3.05, 3.63) is 33.8 Å². The van der Waals surface area contributed by atoms with Crippen LogP contribution >= 0.6 is 15.9 Å². The van der Waals surface area contributed by atoms with Crippen molar-refractivity contribution in [2.45, 2.75) is 32.6 Å². The van der Waals surface area contributed by atoms with Crippen molar-refractivity contribution in [2.75, 3.05) is 20.1 Å². The number of rotatable bonds is 5. The van der Waals surface area contributed by atoms with Crippen molar-refractivity contribution in [3.63, 3.8) is 0 Å². The molecule has 1 fully saturated rings. The number of hydrogen-bond donors (Lipinski definition) is 1. The first kappa shape index (κ1) is 15.5. The highest BCUT2D eigenvalue weighted by molar-refractivity contribution is 9.10. The third-order valence-electron chi connectivity index (χ3n) is 4.50. The number of amides is 1. The van der Waals surface area contributed by atoms with E-state index in [1.807, 2.05) is 37.1 Å². The van der Waals surface area contributed by atoms with E-state index in [0.29, 0.717) is 13.0 Å². The molecule has 1 aromatic rings. The number of nitrogens with two attached hydrogens (primary N) is 1. The van der Waals surface area contributed by atoms with Crippen LogP contribution in [0.15, 0.2) is 22.7 Å². The molecule has 0 bridgehead atoms. The summed E-state index contributed by atoms with van der Waals surface area (Å²) in [6.07, 6.45) is 4.00. The predicted molar refractivity (Wildman–Crippen MR) is 85.6 cm³/mol. The van der Waals surface area contributed by atoms with Crippen molar-refractivity contribution in [1.29, 1.82) is 0 Å². The van der Waals surface area contributed by atoms with Gasteiger partial charge in [-0.25, -0.2) is 0 Å². The van der Waals surface area contributed by atoms with E-state index in [0.717, 1.165) is 35.0 Å². The number of carbonyl (C=O) groups is 1. The van der Waals surface area contributed by atoms with Gasteiger partial charge < -0.3 is 10.6 Å². The third kappa shape index (κ3) is 3.41. The van der Waals surface area contributed by atoms with Gasteiger partial charge in [-0.3, -0.25) is 4.79 Å². The van der Waals surface area contributed by atoms with Crippen LogP contribution in [0, 0.1) is 12.3 Å². The fourth-order valence-corrected chi connectivity index (χ4v) is 3.23. The number of likely N-dealkylation sites (N-methyl/N-ethyl adjacent to an activating group) is 1. The molecule has 0 aromatic heterocycles. The molecule has 0 spiro atoms. The molecule has 3 nitrogen and oxygen atoms in total. The summed E-state index contributed by atoms with van der Waals surface area (Å²) in [7, 11) is 1.89. The van der Waals surface area contributed by atoms with Crippen molar-refractivity contribution in [1.82, 2.24) is 4.90 Å². The quantitative estimate of drug-likeness (QED) is 0.897. The van der Waals surface area contributed by atoms with Crippen LogP contribution in [0.25, 0.3) is 0 Å². The van der Waals surface area contributed by atoms with E-state index in [1.165, 1.54) is 6.42 Å². The van der Waals surface area contributed by atoms with Gasteiger partial charge in [-0.05, 0) is 49.6 Å². The molecule has 20 heavy (non-hydrogen) atoms. The molecule has 1 aromatic carbocycles. The topological polar surface area (TPSA) is 46.3 Å². The first-order valence-corrected chi connectivity index (χ1v) is 7.94. The number of benzene rings is 1. The molecular weight excluding hydrogens is 316 g/mol. The summed E-state index contributed by atoms with van der Waals surface area (Å²) in [6.45, 7) is 3.51. The summed E-state index contributed by atoms with van der Waals surface area (Å²) >= 11 is 3.46. The minimum absolute atomic E-state index is 0.172. The molecule has 0 unspecified atom stereocenters. The molecule has 0 aliphatic heterocycles. The zero-order chi connectivity index (χ0) is 14.8. The average Bonchev–Trinajstić information content (AvgIpc) is 2.38. The van der Waals surface area contributed by atoms with Gasteiger partial charge in [0.25, 0.3) is 0 Å². The summed E-state index contributed by atoms with van der Waals surface area (Å²) in [5.41, 5.74) is 8.30. The van der Waals surface area contributed by atoms with E-state index in [4.69, 9.17) is 5.73 Å². The fourth-order valence-electron chi connectivity index (χ4n) is 2.82. The van der Waals surface area contributed by atoms with Crippen molar-refractivity contribution >= 4 is 21.8 Å². The molecule has 2 rings (SSSR count). The molecule has 110 valence electrons. The molecule has 1 saturated carbocycles. The first-order chi connectivity index (χ1) is 9.46. The largest absolute Gasteiger partial charge is 0.345 e. The van der Waals surface area contributed by atoms with Gasteiger partial charge in [0.1, 0.15) is 0 Å². The number of hydrogen-bond acceptors (Lipinski definition) is 2. The maximum Gasteiger partial charge on any atom is 0.226 e. The van der Waals surface area contributed by atoms with Crippen molar-refractivity contribution in [2.24, 2.45) is 11.1 Å². The fraction of sp³-hybridized carbons (Fsp3) is 0.562. The Labute approximate surface area is 129 Å².